The van der Waals surface area contributed by atoms with Crippen LogP contribution in [0.5, 0.6) is 0 Å². The van der Waals surface area contributed by atoms with E-state index in [1.165, 1.54) is 12.2 Å². The Morgan fingerprint density at radius 1 is 1.41 bits per heavy atom. The Hall–Kier alpha value is -1.78. The van der Waals surface area contributed by atoms with Crippen molar-refractivity contribution >= 4 is 12.1 Å². The van der Waals surface area contributed by atoms with Crippen LogP contribution < -0.4 is 5.32 Å². The fourth-order valence-electron chi connectivity index (χ4n) is 1.50. The van der Waals surface area contributed by atoms with Gasteiger partial charge in [0, 0.05) is 0 Å². The topological polar surface area (TPSA) is 75.6 Å². The van der Waals surface area contributed by atoms with Crippen molar-refractivity contribution in [3.63, 3.8) is 0 Å². The minimum absolute atomic E-state index is 0.0434. The Kier molecular flexibility index (Phi) is 6.70. The highest BCUT2D eigenvalue weighted by molar-refractivity contribution is 5.84. The van der Waals surface area contributed by atoms with Crippen LogP contribution in [-0.2, 0) is 9.53 Å². The molecule has 17 heavy (non-hydrogen) atoms. The van der Waals surface area contributed by atoms with Crippen LogP contribution in [0.3, 0.4) is 0 Å². The number of ether oxygens (including phenoxy) is 1. The summed E-state index contributed by atoms with van der Waals surface area (Å²) >= 11 is 0. The fourth-order valence-corrected chi connectivity index (χ4v) is 1.50. The maximum absolute atomic E-state index is 11.4. The molecule has 0 saturated carbocycles. The molecule has 96 valence electrons. The number of carboxylic acids is 1. The van der Waals surface area contributed by atoms with E-state index >= 15 is 0 Å². The molecular weight excluding hydrogens is 222 g/mol. The molecule has 0 unspecified atom stereocenters. The Labute approximate surface area is 101 Å². The third-order valence-electron chi connectivity index (χ3n) is 2.25. The molecule has 0 aromatic carbocycles. The predicted molar refractivity (Wildman–Crippen MR) is 64.8 cm³/mol. The van der Waals surface area contributed by atoms with E-state index in [0.717, 1.165) is 0 Å². The first kappa shape index (κ1) is 15.2. The highest BCUT2D eigenvalue weighted by Gasteiger charge is 2.38. The standard InChI is InChI=1S/C12H19NO4/c1-4-7-12(8-5-2,10(14)15)13-11(16)17-9-6-3/h4,6H,1,3,5,7-9H2,2H3,(H,13,16)(H,14,15)/t12-/m1/s1. The Morgan fingerprint density at radius 3 is 2.47 bits per heavy atom. The second kappa shape index (κ2) is 7.49. The second-order valence-corrected chi connectivity index (χ2v) is 3.64. The van der Waals surface area contributed by atoms with Gasteiger partial charge in [-0.05, 0) is 12.8 Å². The molecule has 0 spiro atoms. The van der Waals surface area contributed by atoms with Gasteiger partial charge in [-0.3, -0.25) is 0 Å². The van der Waals surface area contributed by atoms with Gasteiger partial charge in [0.1, 0.15) is 12.1 Å². The fraction of sp³-hybridized carbons (Fsp3) is 0.500. The van der Waals surface area contributed by atoms with Crippen molar-refractivity contribution < 1.29 is 19.4 Å². The average molecular weight is 241 g/mol. The Morgan fingerprint density at radius 2 is 2.06 bits per heavy atom. The Balaban J connectivity index is 4.76. The lowest BCUT2D eigenvalue weighted by Gasteiger charge is -2.28. The normalized spacial score (nSPS) is 13.2. The molecule has 0 saturated heterocycles. The molecule has 2 N–H and O–H groups in total. The second-order valence-electron chi connectivity index (χ2n) is 3.64. The van der Waals surface area contributed by atoms with Crippen LogP contribution in [0.15, 0.2) is 25.3 Å². The molecule has 0 fully saturated rings. The largest absolute Gasteiger partial charge is 0.479 e. The minimum atomic E-state index is -1.34. The van der Waals surface area contributed by atoms with Crippen molar-refractivity contribution in [2.24, 2.45) is 0 Å². The van der Waals surface area contributed by atoms with Gasteiger partial charge in [-0.15, -0.1) is 6.58 Å². The molecule has 0 aromatic rings. The van der Waals surface area contributed by atoms with Crippen LogP contribution in [0.25, 0.3) is 0 Å². The lowest BCUT2D eigenvalue weighted by Crippen LogP contribution is -2.54. The molecule has 0 aliphatic heterocycles. The van der Waals surface area contributed by atoms with E-state index in [9.17, 15) is 14.7 Å². The minimum Gasteiger partial charge on any atom is -0.479 e. The van der Waals surface area contributed by atoms with Gasteiger partial charge >= 0.3 is 12.1 Å². The predicted octanol–water partition coefficient (Wildman–Crippen LogP) is 2.10. The van der Waals surface area contributed by atoms with Crippen molar-refractivity contribution in [3.05, 3.63) is 25.3 Å². The number of aliphatic carboxylic acids is 1. The molecule has 1 atom stereocenters. The highest BCUT2D eigenvalue weighted by atomic mass is 16.5. The molecule has 0 aliphatic rings. The maximum Gasteiger partial charge on any atom is 0.408 e. The van der Waals surface area contributed by atoms with Crippen LogP contribution in [0.2, 0.25) is 0 Å². The lowest BCUT2D eigenvalue weighted by molar-refractivity contribution is -0.145. The summed E-state index contributed by atoms with van der Waals surface area (Å²) in [7, 11) is 0. The van der Waals surface area contributed by atoms with Crippen LogP contribution in [0.4, 0.5) is 4.79 Å². The number of alkyl carbamates (subject to hydrolysis) is 1. The highest BCUT2D eigenvalue weighted by Crippen LogP contribution is 2.19. The summed E-state index contributed by atoms with van der Waals surface area (Å²) < 4.78 is 4.72. The molecule has 0 aromatic heterocycles. The zero-order chi connectivity index (χ0) is 13.3. The van der Waals surface area contributed by atoms with Crippen LogP contribution in [0, 0.1) is 0 Å². The number of hydrogen-bond donors (Lipinski definition) is 2. The maximum atomic E-state index is 11.4. The SMILES string of the molecule is C=CCOC(=O)N[C@](CC=C)(CCC)C(=O)O. The number of rotatable bonds is 8. The van der Waals surface area contributed by atoms with Gasteiger partial charge in [-0.1, -0.05) is 32.1 Å². The summed E-state index contributed by atoms with van der Waals surface area (Å²) in [5, 5.41) is 11.6. The van der Waals surface area contributed by atoms with Gasteiger partial charge in [0.2, 0.25) is 0 Å². The third kappa shape index (κ3) is 4.72. The van der Waals surface area contributed by atoms with Gasteiger partial charge < -0.3 is 15.2 Å². The van der Waals surface area contributed by atoms with Crippen molar-refractivity contribution in [2.45, 2.75) is 31.7 Å². The molecule has 0 heterocycles. The quantitative estimate of drug-likeness (QED) is 0.638. The number of carbonyl (C=O) groups excluding carboxylic acids is 1. The number of hydrogen-bond acceptors (Lipinski definition) is 3. The molecule has 0 rings (SSSR count). The Bertz CT molecular complexity index is 301. The first-order chi connectivity index (χ1) is 8.02. The molecule has 0 aliphatic carbocycles. The van der Waals surface area contributed by atoms with E-state index in [1.54, 1.807) is 0 Å². The molecule has 1 amide bonds. The van der Waals surface area contributed by atoms with Crippen molar-refractivity contribution in [2.75, 3.05) is 6.61 Å². The summed E-state index contributed by atoms with van der Waals surface area (Å²) in [6.45, 7) is 8.80. The van der Waals surface area contributed by atoms with E-state index < -0.39 is 17.6 Å². The van der Waals surface area contributed by atoms with Crippen molar-refractivity contribution in [1.82, 2.24) is 5.32 Å². The van der Waals surface area contributed by atoms with Crippen LogP contribution in [-0.4, -0.2) is 29.3 Å². The molecule has 5 heteroatoms. The van der Waals surface area contributed by atoms with E-state index in [2.05, 4.69) is 18.5 Å². The van der Waals surface area contributed by atoms with Crippen LogP contribution in [0.1, 0.15) is 26.2 Å². The van der Waals surface area contributed by atoms with E-state index in [1.807, 2.05) is 6.92 Å². The van der Waals surface area contributed by atoms with Gasteiger partial charge in [0.15, 0.2) is 0 Å². The van der Waals surface area contributed by atoms with Gasteiger partial charge in [0.25, 0.3) is 0 Å². The lowest BCUT2D eigenvalue weighted by atomic mass is 9.90. The zero-order valence-electron chi connectivity index (χ0n) is 10.1. The van der Waals surface area contributed by atoms with Gasteiger partial charge in [0.05, 0.1) is 0 Å². The summed E-state index contributed by atoms with van der Waals surface area (Å²) in [5.41, 5.74) is -1.34. The summed E-state index contributed by atoms with van der Waals surface area (Å²) in [6.07, 6.45) is 3.22. The molecule has 0 bridgehead atoms. The number of carboxylic acid groups (broad SMARTS) is 1. The summed E-state index contributed by atoms with van der Waals surface area (Å²) in [6, 6.07) is 0. The first-order valence-corrected chi connectivity index (χ1v) is 5.42. The summed E-state index contributed by atoms with van der Waals surface area (Å²) in [5.74, 6) is -1.09. The third-order valence-corrected chi connectivity index (χ3v) is 2.25. The summed E-state index contributed by atoms with van der Waals surface area (Å²) in [4.78, 5) is 22.7. The van der Waals surface area contributed by atoms with E-state index in [0.29, 0.717) is 12.8 Å². The number of carbonyl (C=O) groups is 2. The first-order valence-electron chi connectivity index (χ1n) is 5.42. The number of amides is 1. The molecular formula is C12H19NO4. The van der Waals surface area contributed by atoms with Gasteiger partial charge in [-0.2, -0.15) is 0 Å². The van der Waals surface area contributed by atoms with Crippen molar-refractivity contribution in [1.29, 1.82) is 0 Å². The molecule has 0 radical (unpaired) electrons. The zero-order valence-corrected chi connectivity index (χ0v) is 10.1. The van der Waals surface area contributed by atoms with E-state index in [4.69, 9.17) is 4.74 Å². The van der Waals surface area contributed by atoms with Crippen LogP contribution >= 0.6 is 0 Å². The van der Waals surface area contributed by atoms with Gasteiger partial charge in [-0.25, -0.2) is 9.59 Å². The molecule has 5 nitrogen and oxygen atoms in total. The van der Waals surface area contributed by atoms with Crippen molar-refractivity contribution in [3.8, 4) is 0 Å². The number of nitrogens with one attached hydrogen (secondary N) is 1. The average Bonchev–Trinajstić information content (AvgIpc) is 2.26. The smallest absolute Gasteiger partial charge is 0.408 e. The monoisotopic (exact) mass is 241 g/mol. The van der Waals surface area contributed by atoms with E-state index in [-0.39, 0.29) is 13.0 Å².